The van der Waals surface area contributed by atoms with Crippen LogP contribution in [0.5, 0.6) is 0 Å². The van der Waals surface area contributed by atoms with Gasteiger partial charge in [-0.1, -0.05) is 11.6 Å². The van der Waals surface area contributed by atoms with E-state index in [4.69, 9.17) is 11.6 Å². The Kier molecular flexibility index (Phi) is 7.08. The van der Waals surface area contributed by atoms with Crippen molar-refractivity contribution in [3.63, 3.8) is 0 Å². The maximum absolute atomic E-state index is 12.3. The molecule has 22 heavy (non-hydrogen) atoms. The van der Waals surface area contributed by atoms with Crippen molar-refractivity contribution >= 4 is 40.0 Å². The highest BCUT2D eigenvalue weighted by Gasteiger charge is 2.23. The molecule has 1 heterocycles. The first-order chi connectivity index (χ1) is 9.94. The molecule has 0 aromatic heterocycles. The monoisotopic (exact) mass is 368 g/mol. The molecule has 124 valence electrons. The van der Waals surface area contributed by atoms with Gasteiger partial charge in [0.25, 0.3) is 0 Å². The maximum atomic E-state index is 12.3. The van der Waals surface area contributed by atoms with E-state index in [9.17, 15) is 13.2 Å². The van der Waals surface area contributed by atoms with Gasteiger partial charge < -0.3 is 10.1 Å². The summed E-state index contributed by atoms with van der Waals surface area (Å²) in [5.41, 5.74) is 0.137. The van der Waals surface area contributed by atoms with Crippen LogP contribution in [0.2, 0.25) is 5.02 Å². The molecule has 1 atom stereocenters. The number of sulfonamides is 1. The minimum absolute atomic E-state index is 0. The molecule has 1 aromatic rings. The van der Waals surface area contributed by atoms with Crippen molar-refractivity contribution in [3.05, 3.63) is 28.8 Å². The highest BCUT2D eigenvalue weighted by atomic mass is 35.5. The predicted molar refractivity (Wildman–Crippen MR) is 86.3 cm³/mol. The molecule has 6 nitrogen and oxygen atoms in total. The van der Waals surface area contributed by atoms with E-state index in [1.54, 1.807) is 0 Å². The number of carbonyl (C=O) groups excluding carboxylic acids is 1. The molecule has 0 bridgehead atoms. The fourth-order valence-corrected chi connectivity index (χ4v) is 3.80. The molecule has 1 unspecified atom stereocenters. The van der Waals surface area contributed by atoms with Crippen LogP contribution in [0, 0.1) is 0 Å². The summed E-state index contributed by atoms with van der Waals surface area (Å²) < 4.78 is 31.8. The zero-order chi connectivity index (χ0) is 15.5. The van der Waals surface area contributed by atoms with Crippen molar-refractivity contribution in [2.24, 2.45) is 0 Å². The van der Waals surface area contributed by atoms with Gasteiger partial charge in [0.2, 0.25) is 10.0 Å². The first kappa shape index (κ1) is 19.2. The number of hydrogen-bond acceptors (Lipinski definition) is 5. The van der Waals surface area contributed by atoms with Gasteiger partial charge in [-0.15, -0.1) is 12.4 Å². The summed E-state index contributed by atoms with van der Waals surface area (Å²) >= 11 is 5.95. The van der Waals surface area contributed by atoms with Crippen molar-refractivity contribution in [2.75, 3.05) is 20.2 Å². The summed E-state index contributed by atoms with van der Waals surface area (Å²) in [4.78, 5) is 11.5. The highest BCUT2D eigenvalue weighted by Crippen LogP contribution is 2.22. The summed E-state index contributed by atoms with van der Waals surface area (Å²) in [6, 6.07) is 3.81. The zero-order valence-electron chi connectivity index (χ0n) is 12.0. The lowest BCUT2D eigenvalue weighted by molar-refractivity contribution is 0.0601. The molecule has 1 aliphatic rings. The third-order valence-electron chi connectivity index (χ3n) is 3.27. The van der Waals surface area contributed by atoms with E-state index in [2.05, 4.69) is 14.8 Å². The number of halogens is 2. The first-order valence-electron chi connectivity index (χ1n) is 6.55. The SMILES string of the molecule is COC(=O)c1ccc(S(=O)(=O)NC2CCCNC2)cc1Cl.Cl. The van der Waals surface area contributed by atoms with Crippen LogP contribution < -0.4 is 10.0 Å². The van der Waals surface area contributed by atoms with Crippen LogP contribution in [-0.2, 0) is 14.8 Å². The normalized spacial score (nSPS) is 18.4. The van der Waals surface area contributed by atoms with Gasteiger partial charge in [-0.3, -0.25) is 0 Å². The lowest BCUT2D eigenvalue weighted by Crippen LogP contribution is -2.45. The van der Waals surface area contributed by atoms with E-state index in [-0.39, 0.29) is 33.9 Å². The Balaban J connectivity index is 0.00000242. The lowest BCUT2D eigenvalue weighted by atomic mass is 10.1. The van der Waals surface area contributed by atoms with Gasteiger partial charge in [-0.05, 0) is 37.6 Å². The summed E-state index contributed by atoms with van der Waals surface area (Å²) in [5, 5.41) is 3.19. The largest absolute Gasteiger partial charge is 0.465 e. The molecule has 1 saturated heterocycles. The van der Waals surface area contributed by atoms with E-state index in [1.807, 2.05) is 0 Å². The number of esters is 1. The average Bonchev–Trinajstić information content (AvgIpc) is 2.47. The number of carbonyl (C=O) groups is 1. The molecular formula is C13H18Cl2N2O4S. The van der Waals surface area contributed by atoms with Crippen molar-refractivity contribution in [1.29, 1.82) is 0 Å². The van der Waals surface area contributed by atoms with E-state index >= 15 is 0 Å². The maximum Gasteiger partial charge on any atom is 0.339 e. The van der Waals surface area contributed by atoms with Crippen molar-refractivity contribution < 1.29 is 17.9 Å². The Labute approximate surface area is 141 Å². The molecule has 9 heteroatoms. The number of methoxy groups -OCH3 is 1. The van der Waals surface area contributed by atoms with Gasteiger partial charge in [-0.2, -0.15) is 0 Å². The van der Waals surface area contributed by atoms with Gasteiger partial charge in [0.1, 0.15) is 0 Å². The molecule has 0 spiro atoms. The summed E-state index contributed by atoms with van der Waals surface area (Å²) in [6.07, 6.45) is 1.72. The Morgan fingerprint density at radius 3 is 2.73 bits per heavy atom. The van der Waals surface area contributed by atoms with Crippen LogP contribution >= 0.6 is 24.0 Å². The molecule has 0 saturated carbocycles. The van der Waals surface area contributed by atoms with E-state index in [0.717, 1.165) is 19.4 Å². The minimum atomic E-state index is -3.66. The lowest BCUT2D eigenvalue weighted by Gasteiger charge is -2.23. The average molecular weight is 369 g/mol. The van der Waals surface area contributed by atoms with E-state index in [0.29, 0.717) is 6.54 Å². The van der Waals surface area contributed by atoms with Crippen LogP contribution in [0.3, 0.4) is 0 Å². The molecule has 0 amide bonds. The van der Waals surface area contributed by atoms with Crippen LogP contribution in [0.1, 0.15) is 23.2 Å². The quantitative estimate of drug-likeness (QED) is 0.788. The standard InChI is InChI=1S/C13H17ClN2O4S.ClH/c1-20-13(17)11-5-4-10(7-12(11)14)21(18,19)16-9-3-2-6-15-8-9;/h4-5,7,9,15-16H,2-3,6,8H2,1H3;1H. The van der Waals surface area contributed by atoms with Gasteiger partial charge >= 0.3 is 5.97 Å². The Morgan fingerprint density at radius 2 is 2.18 bits per heavy atom. The fourth-order valence-electron chi connectivity index (χ4n) is 2.18. The Bertz CT molecular complexity index is 631. The van der Waals surface area contributed by atoms with Gasteiger partial charge in [0, 0.05) is 12.6 Å². The van der Waals surface area contributed by atoms with Gasteiger partial charge in [-0.25, -0.2) is 17.9 Å². The van der Waals surface area contributed by atoms with E-state index < -0.39 is 16.0 Å². The van der Waals surface area contributed by atoms with Crippen LogP contribution in [0.4, 0.5) is 0 Å². The number of rotatable bonds is 4. The predicted octanol–water partition coefficient (Wildman–Crippen LogP) is 1.58. The fraction of sp³-hybridized carbons (Fsp3) is 0.462. The zero-order valence-corrected chi connectivity index (χ0v) is 14.4. The molecule has 1 aromatic carbocycles. The van der Waals surface area contributed by atoms with Gasteiger partial charge in [0.05, 0.1) is 22.6 Å². The highest BCUT2D eigenvalue weighted by molar-refractivity contribution is 7.89. The Hall–Kier alpha value is -0.860. The minimum Gasteiger partial charge on any atom is -0.465 e. The van der Waals surface area contributed by atoms with Crippen LogP contribution in [0.25, 0.3) is 0 Å². The molecule has 2 N–H and O–H groups in total. The molecule has 1 fully saturated rings. The number of hydrogen-bond donors (Lipinski definition) is 2. The molecule has 2 rings (SSSR count). The number of piperidine rings is 1. The number of benzene rings is 1. The molecular weight excluding hydrogens is 351 g/mol. The topological polar surface area (TPSA) is 84.5 Å². The van der Waals surface area contributed by atoms with Crippen molar-refractivity contribution in [3.8, 4) is 0 Å². The second kappa shape index (κ2) is 8.12. The van der Waals surface area contributed by atoms with Crippen LogP contribution in [-0.4, -0.2) is 40.6 Å². The summed E-state index contributed by atoms with van der Waals surface area (Å²) in [6.45, 7) is 1.51. The third kappa shape index (κ3) is 4.57. The van der Waals surface area contributed by atoms with Crippen LogP contribution in [0.15, 0.2) is 23.1 Å². The first-order valence-corrected chi connectivity index (χ1v) is 8.41. The Morgan fingerprint density at radius 1 is 1.45 bits per heavy atom. The smallest absolute Gasteiger partial charge is 0.339 e. The summed E-state index contributed by atoms with van der Waals surface area (Å²) in [5.74, 6) is -0.603. The third-order valence-corrected chi connectivity index (χ3v) is 5.11. The summed E-state index contributed by atoms with van der Waals surface area (Å²) in [7, 11) is -2.42. The molecule has 0 radical (unpaired) electrons. The molecule has 0 aliphatic carbocycles. The second-order valence-electron chi connectivity index (χ2n) is 4.80. The number of ether oxygens (including phenoxy) is 1. The van der Waals surface area contributed by atoms with Crippen molar-refractivity contribution in [1.82, 2.24) is 10.0 Å². The molecule has 1 aliphatic heterocycles. The van der Waals surface area contributed by atoms with Crippen molar-refractivity contribution in [2.45, 2.75) is 23.8 Å². The number of nitrogens with one attached hydrogen (secondary N) is 2. The van der Waals surface area contributed by atoms with Gasteiger partial charge in [0.15, 0.2) is 0 Å². The second-order valence-corrected chi connectivity index (χ2v) is 6.92. The van der Waals surface area contributed by atoms with E-state index in [1.165, 1.54) is 25.3 Å².